The van der Waals surface area contributed by atoms with E-state index in [4.69, 9.17) is 18.0 Å². The largest absolute Gasteiger partial charge is 0.506 e. The number of aliphatic imine (C=N–C) groups is 1. The van der Waals surface area contributed by atoms with Crippen molar-refractivity contribution in [1.82, 2.24) is 5.32 Å². The third-order valence-electron chi connectivity index (χ3n) is 3.54. The zero-order chi connectivity index (χ0) is 18.9. The van der Waals surface area contributed by atoms with E-state index in [2.05, 4.69) is 16.2 Å². The van der Waals surface area contributed by atoms with Gasteiger partial charge in [0.05, 0.1) is 16.3 Å². The number of amides is 1. The number of aliphatic hydroxyl groups excluding tert-OH is 1. The molecular weight excluding hydrogens is 348 g/mol. The highest BCUT2D eigenvalue weighted by molar-refractivity contribution is 6.32. The molecule has 26 heavy (non-hydrogen) atoms. The summed E-state index contributed by atoms with van der Waals surface area (Å²) in [6.07, 6.45) is 7.43. The molecule has 0 heterocycles. The van der Waals surface area contributed by atoms with E-state index in [1.807, 2.05) is 6.92 Å². The Bertz CT molecular complexity index is 878. The summed E-state index contributed by atoms with van der Waals surface area (Å²) >= 11 is 6.13. The highest BCUT2D eigenvalue weighted by Crippen LogP contribution is 2.24. The fourth-order valence-corrected chi connectivity index (χ4v) is 2.37. The minimum Gasteiger partial charge on any atom is -0.506 e. The molecule has 5 heteroatoms. The molecule has 2 rings (SSSR count). The molecule has 0 aromatic heterocycles. The second-order valence-corrected chi connectivity index (χ2v) is 5.85. The zero-order valence-electron chi connectivity index (χ0n) is 14.4. The predicted octanol–water partition coefficient (Wildman–Crippen LogP) is 4.52. The van der Waals surface area contributed by atoms with Crippen molar-refractivity contribution in [2.75, 3.05) is 6.54 Å². The molecule has 2 N–H and O–H groups in total. The van der Waals surface area contributed by atoms with Gasteiger partial charge in [-0.05, 0) is 42.8 Å². The van der Waals surface area contributed by atoms with Crippen LogP contribution in [0.2, 0.25) is 5.02 Å². The van der Waals surface area contributed by atoms with Crippen LogP contribution >= 0.6 is 11.6 Å². The van der Waals surface area contributed by atoms with E-state index in [9.17, 15) is 9.90 Å². The fraction of sp³-hybridized carbons (Fsp3) is 0.143. The van der Waals surface area contributed by atoms with Crippen molar-refractivity contribution in [2.45, 2.75) is 13.3 Å². The molecule has 0 saturated carbocycles. The van der Waals surface area contributed by atoms with Crippen LogP contribution in [0.1, 0.15) is 24.5 Å². The standard InChI is InChI=1S/C21H19ClN2O2/c1-3-13-23-21(26)18(20(25)17-7-5-6-8-19(17)22)14-24-16-11-9-15(4-2)10-12-16/h2,5-12,14,25H,3,13H2,1H3,(H,23,26). The van der Waals surface area contributed by atoms with Gasteiger partial charge in [-0.25, -0.2) is 0 Å². The lowest BCUT2D eigenvalue weighted by atomic mass is 10.1. The number of aliphatic hydroxyl groups is 1. The van der Waals surface area contributed by atoms with Crippen molar-refractivity contribution >= 4 is 35.2 Å². The van der Waals surface area contributed by atoms with E-state index in [0.29, 0.717) is 22.8 Å². The van der Waals surface area contributed by atoms with Gasteiger partial charge in [-0.1, -0.05) is 36.6 Å². The van der Waals surface area contributed by atoms with Crippen molar-refractivity contribution in [3.63, 3.8) is 0 Å². The lowest BCUT2D eigenvalue weighted by Gasteiger charge is -2.09. The number of carbonyl (C=O) groups excluding carboxylic acids is 1. The summed E-state index contributed by atoms with van der Waals surface area (Å²) in [5, 5.41) is 13.7. The first kappa shape index (κ1) is 19.3. The topological polar surface area (TPSA) is 61.7 Å². The van der Waals surface area contributed by atoms with Gasteiger partial charge in [-0.3, -0.25) is 9.79 Å². The average molecular weight is 367 g/mol. The molecule has 0 saturated heterocycles. The number of halogens is 1. The number of nitrogens with one attached hydrogen (secondary N) is 1. The lowest BCUT2D eigenvalue weighted by molar-refractivity contribution is -0.116. The number of benzene rings is 2. The Morgan fingerprint density at radius 2 is 1.96 bits per heavy atom. The maximum Gasteiger partial charge on any atom is 0.256 e. The minimum atomic E-state index is -0.423. The summed E-state index contributed by atoms with van der Waals surface area (Å²) in [4.78, 5) is 16.7. The normalized spacial score (nSPS) is 11.7. The fourth-order valence-electron chi connectivity index (χ4n) is 2.14. The van der Waals surface area contributed by atoms with Crippen LogP contribution in [0.5, 0.6) is 0 Å². The summed E-state index contributed by atoms with van der Waals surface area (Å²) in [5.41, 5.74) is 1.74. The Kier molecular flexibility index (Phi) is 7.02. The summed E-state index contributed by atoms with van der Waals surface area (Å²) in [6.45, 7) is 2.43. The number of carbonyl (C=O) groups is 1. The summed E-state index contributed by atoms with van der Waals surface area (Å²) in [5.74, 6) is 1.88. The molecule has 0 aliphatic rings. The number of terminal acetylenes is 1. The Morgan fingerprint density at radius 1 is 1.27 bits per heavy atom. The molecule has 2 aromatic rings. The van der Waals surface area contributed by atoms with E-state index in [0.717, 1.165) is 12.0 Å². The first-order valence-corrected chi connectivity index (χ1v) is 8.51. The van der Waals surface area contributed by atoms with Gasteiger partial charge >= 0.3 is 0 Å². The second-order valence-electron chi connectivity index (χ2n) is 5.45. The first-order chi connectivity index (χ1) is 12.6. The van der Waals surface area contributed by atoms with Crippen LogP contribution in [0.4, 0.5) is 5.69 Å². The predicted molar refractivity (Wildman–Crippen MR) is 107 cm³/mol. The van der Waals surface area contributed by atoms with Crippen LogP contribution < -0.4 is 5.32 Å². The van der Waals surface area contributed by atoms with Gasteiger partial charge in [0.1, 0.15) is 5.76 Å². The van der Waals surface area contributed by atoms with Gasteiger partial charge in [-0.2, -0.15) is 0 Å². The Hall–Kier alpha value is -3.03. The van der Waals surface area contributed by atoms with Gasteiger partial charge in [0, 0.05) is 23.9 Å². The van der Waals surface area contributed by atoms with E-state index >= 15 is 0 Å². The second kappa shape index (κ2) is 9.45. The molecule has 1 amide bonds. The highest BCUT2D eigenvalue weighted by atomic mass is 35.5. The van der Waals surface area contributed by atoms with Gasteiger partial charge in [0.2, 0.25) is 0 Å². The summed E-state index contributed by atoms with van der Waals surface area (Å²) < 4.78 is 0. The molecule has 0 radical (unpaired) electrons. The van der Waals surface area contributed by atoms with E-state index < -0.39 is 5.91 Å². The smallest absolute Gasteiger partial charge is 0.256 e. The zero-order valence-corrected chi connectivity index (χ0v) is 15.1. The molecule has 0 bridgehead atoms. The van der Waals surface area contributed by atoms with Crippen LogP contribution in [-0.4, -0.2) is 23.8 Å². The van der Waals surface area contributed by atoms with Crippen LogP contribution in [-0.2, 0) is 4.79 Å². The van der Waals surface area contributed by atoms with Crippen molar-refractivity contribution < 1.29 is 9.90 Å². The first-order valence-electron chi connectivity index (χ1n) is 8.14. The molecule has 0 unspecified atom stereocenters. The van der Waals surface area contributed by atoms with E-state index in [1.165, 1.54) is 6.21 Å². The molecule has 0 atom stereocenters. The van der Waals surface area contributed by atoms with Crippen LogP contribution in [0, 0.1) is 12.3 Å². The molecule has 0 spiro atoms. The molecule has 0 aliphatic heterocycles. The van der Waals surface area contributed by atoms with Gasteiger partial charge in [0.25, 0.3) is 5.91 Å². The van der Waals surface area contributed by atoms with Crippen LogP contribution in [0.15, 0.2) is 59.1 Å². The summed E-state index contributed by atoms with van der Waals surface area (Å²) in [6, 6.07) is 13.7. The van der Waals surface area contributed by atoms with Gasteiger partial charge < -0.3 is 10.4 Å². The lowest BCUT2D eigenvalue weighted by Crippen LogP contribution is -2.27. The van der Waals surface area contributed by atoms with Crippen LogP contribution in [0.3, 0.4) is 0 Å². The molecular formula is C21H19ClN2O2. The Balaban J connectivity index is 2.42. The number of nitrogens with zero attached hydrogens (tertiary/aromatic N) is 1. The van der Waals surface area contributed by atoms with Gasteiger partial charge in [0.15, 0.2) is 0 Å². The van der Waals surface area contributed by atoms with Crippen molar-refractivity contribution in [3.8, 4) is 12.3 Å². The quantitative estimate of drug-likeness (QED) is 0.342. The molecule has 132 valence electrons. The van der Waals surface area contributed by atoms with E-state index in [-0.39, 0.29) is 11.3 Å². The third-order valence-corrected chi connectivity index (χ3v) is 3.87. The number of hydrogen-bond acceptors (Lipinski definition) is 3. The Labute approximate surface area is 158 Å². The van der Waals surface area contributed by atoms with Crippen molar-refractivity contribution in [3.05, 3.63) is 70.3 Å². The monoisotopic (exact) mass is 366 g/mol. The maximum atomic E-state index is 12.5. The van der Waals surface area contributed by atoms with Crippen LogP contribution in [0.25, 0.3) is 5.76 Å². The molecule has 2 aromatic carbocycles. The number of hydrogen-bond donors (Lipinski definition) is 2. The molecule has 4 nitrogen and oxygen atoms in total. The summed E-state index contributed by atoms with van der Waals surface area (Å²) in [7, 11) is 0. The van der Waals surface area contributed by atoms with Crippen molar-refractivity contribution in [1.29, 1.82) is 0 Å². The third kappa shape index (κ3) is 4.98. The SMILES string of the molecule is C#Cc1ccc(N=CC(C(=O)NCCC)=C(O)c2ccccc2Cl)cc1. The van der Waals surface area contributed by atoms with E-state index in [1.54, 1.807) is 48.5 Å². The van der Waals surface area contributed by atoms with Gasteiger partial charge in [-0.15, -0.1) is 6.42 Å². The maximum absolute atomic E-state index is 12.5. The Morgan fingerprint density at radius 3 is 2.58 bits per heavy atom. The molecule has 0 aliphatic carbocycles. The average Bonchev–Trinajstić information content (AvgIpc) is 2.67. The number of rotatable bonds is 6. The minimum absolute atomic E-state index is 0.0348. The molecule has 0 fully saturated rings. The van der Waals surface area contributed by atoms with Crippen molar-refractivity contribution in [2.24, 2.45) is 4.99 Å². The highest BCUT2D eigenvalue weighted by Gasteiger charge is 2.16.